The zero-order valence-electron chi connectivity index (χ0n) is 12.4. The third kappa shape index (κ3) is 6.27. The summed E-state index contributed by atoms with van der Waals surface area (Å²) in [7, 11) is 0. The van der Waals surface area contributed by atoms with Gasteiger partial charge < -0.3 is 21.7 Å². The number of amides is 2. The van der Waals surface area contributed by atoms with Crippen LogP contribution >= 0.6 is 0 Å². The molecule has 1 atom stereocenters. The van der Waals surface area contributed by atoms with Crippen LogP contribution in [0, 0.1) is 0 Å². The van der Waals surface area contributed by atoms with Gasteiger partial charge in [-0.2, -0.15) is 0 Å². The van der Waals surface area contributed by atoms with Crippen molar-refractivity contribution in [2.45, 2.75) is 25.8 Å². The van der Waals surface area contributed by atoms with Crippen molar-refractivity contribution in [1.29, 1.82) is 0 Å². The molecule has 0 aromatic heterocycles. The fourth-order valence-corrected chi connectivity index (χ4v) is 2.03. The fourth-order valence-electron chi connectivity index (χ4n) is 2.03. The van der Waals surface area contributed by atoms with Crippen molar-refractivity contribution in [3.05, 3.63) is 30.3 Å². The average molecular weight is 292 g/mol. The summed E-state index contributed by atoms with van der Waals surface area (Å²) >= 11 is 0. The number of benzene rings is 1. The number of nitrogens with two attached hydrogens (primary N) is 2. The van der Waals surface area contributed by atoms with Gasteiger partial charge in [0.15, 0.2) is 0 Å². The van der Waals surface area contributed by atoms with E-state index in [9.17, 15) is 9.59 Å². The predicted octanol–water partition coefficient (Wildman–Crippen LogP) is 0.222. The number of nitrogens with one attached hydrogen (secondary N) is 1. The van der Waals surface area contributed by atoms with E-state index in [1.165, 1.54) is 0 Å². The average Bonchev–Trinajstić information content (AvgIpc) is 2.47. The van der Waals surface area contributed by atoms with Crippen molar-refractivity contribution in [1.82, 2.24) is 5.32 Å². The van der Waals surface area contributed by atoms with Gasteiger partial charge in [-0.25, -0.2) is 0 Å². The number of anilines is 1. The van der Waals surface area contributed by atoms with Crippen LogP contribution < -0.4 is 21.7 Å². The third-order valence-electron chi connectivity index (χ3n) is 3.16. The highest BCUT2D eigenvalue weighted by Crippen LogP contribution is 2.12. The minimum atomic E-state index is -0.862. The SMILES string of the molecule is CCN(CCCNC(=O)C(N)CC(N)=O)c1ccccc1. The van der Waals surface area contributed by atoms with Crippen LogP contribution in [-0.2, 0) is 9.59 Å². The van der Waals surface area contributed by atoms with Crippen LogP contribution in [0.5, 0.6) is 0 Å². The number of hydrogen-bond donors (Lipinski definition) is 3. The molecule has 0 heterocycles. The Labute approximate surface area is 125 Å². The van der Waals surface area contributed by atoms with Crippen molar-refractivity contribution >= 4 is 17.5 Å². The zero-order chi connectivity index (χ0) is 15.7. The molecule has 6 nitrogen and oxygen atoms in total. The molecule has 0 fully saturated rings. The normalized spacial score (nSPS) is 11.7. The standard InChI is InChI=1S/C15H24N4O2/c1-2-19(12-7-4-3-5-8-12)10-6-9-18-15(21)13(16)11-14(17)20/h3-5,7-8,13H,2,6,9-11,16H2,1H3,(H2,17,20)(H,18,21). The maximum Gasteiger partial charge on any atom is 0.237 e. The number of primary amides is 1. The van der Waals surface area contributed by atoms with Crippen LogP contribution in [0.4, 0.5) is 5.69 Å². The van der Waals surface area contributed by atoms with Gasteiger partial charge in [0.2, 0.25) is 11.8 Å². The second-order valence-corrected chi connectivity index (χ2v) is 4.84. The minimum absolute atomic E-state index is 0.128. The van der Waals surface area contributed by atoms with Crippen molar-refractivity contribution < 1.29 is 9.59 Å². The van der Waals surface area contributed by atoms with Crippen LogP contribution in [0.2, 0.25) is 0 Å². The molecule has 0 saturated carbocycles. The van der Waals surface area contributed by atoms with Gasteiger partial charge in [-0.1, -0.05) is 18.2 Å². The monoisotopic (exact) mass is 292 g/mol. The number of nitrogens with zero attached hydrogens (tertiary/aromatic N) is 1. The third-order valence-corrected chi connectivity index (χ3v) is 3.16. The highest BCUT2D eigenvalue weighted by Gasteiger charge is 2.15. The Morgan fingerprint density at radius 3 is 2.52 bits per heavy atom. The van der Waals surface area contributed by atoms with Crippen molar-refractivity contribution in [3.63, 3.8) is 0 Å². The lowest BCUT2D eigenvalue weighted by Gasteiger charge is -2.23. The molecule has 1 unspecified atom stereocenters. The highest BCUT2D eigenvalue weighted by atomic mass is 16.2. The van der Waals surface area contributed by atoms with Crippen LogP contribution in [0.15, 0.2) is 30.3 Å². The first-order chi connectivity index (χ1) is 10.0. The van der Waals surface area contributed by atoms with Gasteiger partial charge >= 0.3 is 0 Å². The smallest absolute Gasteiger partial charge is 0.237 e. The molecular weight excluding hydrogens is 268 g/mol. The molecule has 0 bridgehead atoms. The van der Waals surface area contributed by atoms with Gasteiger partial charge in [0, 0.05) is 25.3 Å². The second-order valence-electron chi connectivity index (χ2n) is 4.84. The molecule has 2 amide bonds. The van der Waals surface area contributed by atoms with Crippen LogP contribution in [-0.4, -0.2) is 37.5 Å². The van der Waals surface area contributed by atoms with E-state index >= 15 is 0 Å². The van der Waals surface area contributed by atoms with Gasteiger partial charge in [-0.3, -0.25) is 9.59 Å². The Balaban J connectivity index is 2.29. The molecule has 1 aromatic carbocycles. The predicted molar refractivity (Wildman–Crippen MR) is 83.7 cm³/mol. The van der Waals surface area contributed by atoms with Gasteiger partial charge in [-0.05, 0) is 25.5 Å². The molecule has 0 aliphatic rings. The van der Waals surface area contributed by atoms with Crippen molar-refractivity contribution in [2.75, 3.05) is 24.5 Å². The lowest BCUT2D eigenvalue weighted by atomic mass is 10.2. The summed E-state index contributed by atoms with van der Waals surface area (Å²) in [6.45, 7) is 4.36. The molecule has 0 saturated heterocycles. The number of para-hydroxylation sites is 1. The van der Waals surface area contributed by atoms with Gasteiger partial charge in [0.25, 0.3) is 0 Å². The van der Waals surface area contributed by atoms with E-state index in [1.54, 1.807) is 0 Å². The molecule has 1 rings (SSSR count). The summed E-state index contributed by atoms with van der Waals surface area (Å²) in [5, 5.41) is 2.72. The topological polar surface area (TPSA) is 101 Å². The maximum atomic E-state index is 11.6. The summed E-state index contributed by atoms with van der Waals surface area (Å²) in [5.41, 5.74) is 11.7. The van der Waals surface area contributed by atoms with E-state index in [1.807, 2.05) is 18.2 Å². The molecule has 21 heavy (non-hydrogen) atoms. The first-order valence-corrected chi connectivity index (χ1v) is 7.16. The quantitative estimate of drug-likeness (QED) is 0.567. The summed E-state index contributed by atoms with van der Waals surface area (Å²) in [6, 6.07) is 9.25. The summed E-state index contributed by atoms with van der Waals surface area (Å²) in [5.74, 6) is -0.907. The van der Waals surface area contributed by atoms with Gasteiger partial charge in [-0.15, -0.1) is 0 Å². The number of carbonyl (C=O) groups excluding carboxylic acids is 2. The van der Waals surface area contributed by atoms with E-state index in [2.05, 4.69) is 29.3 Å². The number of hydrogen-bond acceptors (Lipinski definition) is 4. The Bertz CT molecular complexity index is 450. The number of rotatable bonds is 9. The molecule has 5 N–H and O–H groups in total. The first kappa shape index (κ1) is 17.0. The van der Waals surface area contributed by atoms with Crippen LogP contribution in [0.25, 0.3) is 0 Å². The van der Waals surface area contributed by atoms with Crippen LogP contribution in [0.3, 0.4) is 0 Å². The van der Waals surface area contributed by atoms with E-state index in [0.29, 0.717) is 6.54 Å². The molecule has 0 spiro atoms. The van der Waals surface area contributed by atoms with Crippen molar-refractivity contribution in [2.24, 2.45) is 11.5 Å². The van der Waals surface area contributed by atoms with E-state index in [4.69, 9.17) is 11.5 Å². The summed E-state index contributed by atoms with van der Waals surface area (Å²) in [4.78, 5) is 24.5. The van der Waals surface area contributed by atoms with Gasteiger partial charge in [0.1, 0.15) is 0 Å². The highest BCUT2D eigenvalue weighted by molar-refractivity contribution is 5.87. The fraction of sp³-hybridized carbons (Fsp3) is 0.467. The summed E-state index contributed by atoms with van der Waals surface area (Å²) in [6.07, 6.45) is 0.675. The van der Waals surface area contributed by atoms with Gasteiger partial charge in [0.05, 0.1) is 12.5 Å². The molecule has 116 valence electrons. The number of carbonyl (C=O) groups is 2. The first-order valence-electron chi connectivity index (χ1n) is 7.16. The lowest BCUT2D eigenvalue weighted by Crippen LogP contribution is -2.43. The Hall–Kier alpha value is -2.08. The second kappa shape index (κ2) is 8.97. The molecule has 0 radical (unpaired) electrons. The maximum absolute atomic E-state index is 11.6. The largest absolute Gasteiger partial charge is 0.372 e. The Morgan fingerprint density at radius 2 is 1.95 bits per heavy atom. The Kier molecular flexibility index (Phi) is 7.25. The molecule has 0 aliphatic carbocycles. The summed E-state index contributed by atoms with van der Waals surface area (Å²) < 4.78 is 0. The minimum Gasteiger partial charge on any atom is -0.372 e. The van der Waals surface area contributed by atoms with E-state index < -0.39 is 11.9 Å². The lowest BCUT2D eigenvalue weighted by molar-refractivity contribution is -0.126. The van der Waals surface area contributed by atoms with Crippen LogP contribution in [0.1, 0.15) is 19.8 Å². The Morgan fingerprint density at radius 1 is 1.29 bits per heavy atom. The van der Waals surface area contributed by atoms with Crippen molar-refractivity contribution in [3.8, 4) is 0 Å². The van der Waals surface area contributed by atoms with E-state index in [-0.39, 0.29) is 12.3 Å². The van der Waals surface area contributed by atoms with E-state index in [0.717, 1.165) is 25.2 Å². The molecular formula is C15H24N4O2. The molecule has 1 aromatic rings. The molecule has 6 heteroatoms. The molecule has 0 aliphatic heterocycles. The zero-order valence-corrected chi connectivity index (χ0v) is 12.4.